The third kappa shape index (κ3) is 13.9. The van der Waals surface area contributed by atoms with E-state index in [-0.39, 0.29) is 12.0 Å². The van der Waals surface area contributed by atoms with E-state index >= 15 is 0 Å². The smallest absolute Gasteiger partial charge is 0.407 e. The van der Waals surface area contributed by atoms with Crippen molar-refractivity contribution in [2.24, 2.45) is 0 Å². The first-order valence-electron chi connectivity index (χ1n) is 7.30. The predicted molar refractivity (Wildman–Crippen MR) is 86.1 cm³/mol. The van der Waals surface area contributed by atoms with E-state index in [1.54, 1.807) is 0 Å². The van der Waals surface area contributed by atoms with E-state index in [1.807, 2.05) is 34.6 Å². The summed E-state index contributed by atoms with van der Waals surface area (Å²) in [6.45, 7) is 10.5. The quantitative estimate of drug-likeness (QED) is 0.504. The van der Waals surface area contributed by atoms with Crippen molar-refractivity contribution in [3.63, 3.8) is 0 Å². The van der Waals surface area contributed by atoms with Crippen molar-refractivity contribution in [2.75, 3.05) is 25.6 Å². The van der Waals surface area contributed by atoms with Gasteiger partial charge in [-0.1, -0.05) is 8.58 Å². The molecule has 0 rings (SSSR count). The minimum absolute atomic E-state index is 0.0432. The molecular weight excluding hydrogens is 291 g/mol. The lowest BCUT2D eigenvalue weighted by Gasteiger charge is -2.20. The van der Waals surface area contributed by atoms with Crippen molar-refractivity contribution in [2.45, 2.75) is 52.7 Å². The van der Waals surface area contributed by atoms with Crippen molar-refractivity contribution in [3.05, 3.63) is 0 Å². The van der Waals surface area contributed by atoms with Crippen LogP contribution >= 0.6 is 8.58 Å². The molecule has 6 nitrogen and oxygen atoms in total. The summed E-state index contributed by atoms with van der Waals surface area (Å²) < 4.78 is 10.7. The molecule has 0 aromatic carbocycles. The Kier molecular flexibility index (Phi) is 10.4. The summed E-state index contributed by atoms with van der Waals surface area (Å²) >= 11 is 0. The van der Waals surface area contributed by atoms with Crippen LogP contribution in [0, 0.1) is 0 Å². The second kappa shape index (κ2) is 10.8. The zero-order valence-electron chi connectivity index (χ0n) is 13.7. The highest BCUT2D eigenvalue weighted by Crippen LogP contribution is 2.11. The Morgan fingerprint density at radius 2 is 1.90 bits per heavy atom. The van der Waals surface area contributed by atoms with Gasteiger partial charge in [0.05, 0.1) is 12.5 Å². The van der Waals surface area contributed by atoms with Crippen molar-refractivity contribution >= 4 is 20.6 Å². The molecule has 7 heteroatoms. The molecule has 0 aliphatic heterocycles. The Labute approximate surface area is 129 Å². The van der Waals surface area contributed by atoms with E-state index in [4.69, 9.17) is 9.47 Å². The molecule has 0 radical (unpaired) electrons. The van der Waals surface area contributed by atoms with Gasteiger partial charge in [-0.3, -0.25) is 4.79 Å². The number of amides is 2. The Morgan fingerprint density at radius 1 is 1.24 bits per heavy atom. The SMILES string of the molecule is CCNC(=O)CPCOC(C)CCNC(=O)OC(C)(C)C. The highest BCUT2D eigenvalue weighted by molar-refractivity contribution is 7.39. The number of carbonyl (C=O) groups excluding carboxylic acids is 2. The van der Waals surface area contributed by atoms with Crippen LogP contribution in [0.3, 0.4) is 0 Å². The Bertz CT molecular complexity index is 319. The van der Waals surface area contributed by atoms with E-state index in [2.05, 4.69) is 10.6 Å². The molecule has 2 N–H and O–H groups in total. The van der Waals surface area contributed by atoms with Crippen molar-refractivity contribution in [1.82, 2.24) is 10.6 Å². The monoisotopic (exact) mass is 320 g/mol. The summed E-state index contributed by atoms with van der Waals surface area (Å²) in [6, 6.07) is 0. The molecule has 0 heterocycles. The first kappa shape index (κ1) is 20.1. The van der Waals surface area contributed by atoms with Gasteiger partial charge in [-0.25, -0.2) is 4.79 Å². The van der Waals surface area contributed by atoms with Gasteiger partial charge in [0.25, 0.3) is 0 Å². The van der Waals surface area contributed by atoms with Crippen LogP contribution in [0.25, 0.3) is 0 Å². The van der Waals surface area contributed by atoms with Crippen LogP contribution in [0.4, 0.5) is 4.79 Å². The molecule has 0 fully saturated rings. The minimum Gasteiger partial charge on any atom is -0.444 e. The van der Waals surface area contributed by atoms with E-state index in [9.17, 15) is 9.59 Å². The molecule has 0 aromatic heterocycles. The van der Waals surface area contributed by atoms with Gasteiger partial charge in [0.1, 0.15) is 5.60 Å². The fourth-order valence-corrected chi connectivity index (χ4v) is 2.26. The van der Waals surface area contributed by atoms with Crippen molar-refractivity contribution in [1.29, 1.82) is 0 Å². The summed E-state index contributed by atoms with van der Waals surface area (Å²) in [6.07, 6.45) is 1.43. The van der Waals surface area contributed by atoms with Gasteiger partial charge >= 0.3 is 6.09 Å². The molecule has 0 spiro atoms. The molecule has 124 valence electrons. The fourth-order valence-electron chi connectivity index (χ4n) is 1.40. The Hall–Kier alpha value is -0.870. The van der Waals surface area contributed by atoms with Gasteiger partial charge in [0.15, 0.2) is 0 Å². The van der Waals surface area contributed by atoms with Crippen molar-refractivity contribution < 1.29 is 19.1 Å². The third-order valence-electron chi connectivity index (χ3n) is 2.35. The number of nitrogens with one attached hydrogen (secondary N) is 2. The number of carbonyl (C=O) groups is 2. The highest BCUT2D eigenvalue weighted by Gasteiger charge is 2.15. The van der Waals surface area contributed by atoms with Gasteiger partial charge in [-0.05, 0) is 41.0 Å². The zero-order valence-corrected chi connectivity index (χ0v) is 14.7. The molecule has 2 unspecified atom stereocenters. The average Bonchev–Trinajstić information content (AvgIpc) is 2.32. The lowest BCUT2D eigenvalue weighted by atomic mass is 10.2. The highest BCUT2D eigenvalue weighted by atomic mass is 31.1. The first-order chi connectivity index (χ1) is 9.74. The van der Waals surface area contributed by atoms with Crippen LogP contribution in [0.2, 0.25) is 0 Å². The summed E-state index contributed by atoms with van der Waals surface area (Å²) in [5.74, 6) is 0.0682. The first-order valence-corrected chi connectivity index (χ1v) is 8.72. The molecule has 21 heavy (non-hydrogen) atoms. The maximum Gasteiger partial charge on any atom is 0.407 e. The number of ether oxygens (including phenoxy) is 2. The second-order valence-corrected chi connectivity index (χ2v) is 6.86. The van der Waals surface area contributed by atoms with Gasteiger partial charge in [0.2, 0.25) is 5.91 Å². The number of rotatable bonds is 9. The minimum atomic E-state index is -0.480. The molecule has 0 aliphatic rings. The Balaban J connectivity index is 3.56. The molecule has 2 atom stereocenters. The van der Waals surface area contributed by atoms with Gasteiger partial charge < -0.3 is 20.1 Å². The Morgan fingerprint density at radius 3 is 2.48 bits per heavy atom. The van der Waals surface area contributed by atoms with E-state index in [0.717, 1.165) is 0 Å². The lowest BCUT2D eigenvalue weighted by molar-refractivity contribution is -0.118. The molecular formula is C14H29N2O4P. The maximum atomic E-state index is 11.4. The van der Waals surface area contributed by atoms with E-state index in [0.29, 0.717) is 40.6 Å². The molecule has 0 aromatic rings. The molecule has 0 bridgehead atoms. The van der Waals surface area contributed by atoms with Gasteiger partial charge in [-0.2, -0.15) is 0 Å². The van der Waals surface area contributed by atoms with Crippen LogP contribution in [0.1, 0.15) is 41.0 Å². The predicted octanol–water partition coefficient (Wildman–Crippen LogP) is 2.08. The molecule has 0 aliphatic carbocycles. The fraction of sp³-hybridized carbons (Fsp3) is 0.857. The van der Waals surface area contributed by atoms with Crippen LogP contribution in [-0.2, 0) is 14.3 Å². The van der Waals surface area contributed by atoms with Gasteiger partial charge in [-0.15, -0.1) is 0 Å². The number of alkyl carbamates (subject to hydrolysis) is 1. The zero-order chi connectivity index (χ0) is 16.3. The topological polar surface area (TPSA) is 76.7 Å². The maximum absolute atomic E-state index is 11.4. The molecule has 0 saturated carbocycles. The molecule has 0 saturated heterocycles. The van der Waals surface area contributed by atoms with E-state index in [1.165, 1.54) is 0 Å². The number of hydrogen-bond donors (Lipinski definition) is 2. The van der Waals surface area contributed by atoms with Crippen LogP contribution in [-0.4, -0.2) is 49.3 Å². The number of hydrogen-bond acceptors (Lipinski definition) is 4. The van der Waals surface area contributed by atoms with Crippen LogP contribution in [0.5, 0.6) is 0 Å². The average molecular weight is 320 g/mol. The normalized spacial score (nSPS) is 13.2. The summed E-state index contributed by atoms with van der Waals surface area (Å²) in [7, 11) is 0.462. The van der Waals surface area contributed by atoms with Crippen molar-refractivity contribution in [3.8, 4) is 0 Å². The summed E-state index contributed by atoms with van der Waals surface area (Å²) in [4.78, 5) is 22.6. The van der Waals surface area contributed by atoms with Crippen LogP contribution < -0.4 is 10.6 Å². The molecule has 2 amide bonds. The standard InChI is InChI=1S/C14H29N2O4P/c1-6-15-12(17)9-21-10-19-11(2)7-8-16-13(18)20-14(3,4)5/h11,21H,6-10H2,1-5H3,(H,15,17)(H,16,18). The lowest BCUT2D eigenvalue weighted by Crippen LogP contribution is -2.34. The van der Waals surface area contributed by atoms with Crippen LogP contribution in [0.15, 0.2) is 0 Å². The van der Waals surface area contributed by atoms with E-state index < -0.39 is 11.7 Å². The third-order valence-corrected chi connectivity index (χ3v) is 3.29. The summed E-state index contributed by atoms with van der Waals surface area (Å²) in [5, 5.41) is 5.44. The summed E-state index contributed by atoms with van der Waals surface area (Å²) in [5.41, 5.74) is -0.480. The largest absolute Gasteiger partial charge is 0.444 e. The van der Waals surface area contributed by atoms with Gasteiger partial charge in [0, 0.05) is 19.3 Å². The second-order valence-electron chi connectivity index (χ2n) is 5.72.